The molecule has 1 aliphatic heterocycles. The van der Waals surface area contributed by atoms with Gasteiger partial charge in [-0.2, -0.15) is 0 Å². The van der Waals surface area contributed by atoms with Gasteiger partial charge in [0.2, 0.25) is 0 Å². The fraction of sp³-hybridized carbons (Fsp3) is 0.583. The van der Waals surface area contributed by atoms with Gasteiger partial charge in [0.15, 0.2) is 0 Å². The Morgan fingerprint density at radius 1 is 1.00 bits per heavy atom. The van der Waals surface area contributed by atoms with E-state index in [1.807, 2.05) is 0 Å². The normalized spacial score (nSPS) is 32.6. The SMILES string of the molecule is CC1C2C=CC=CC2C2C1c1cc(C(C)(C)C)ccc1N2C[Si](C)(C)C. The number of nitrogens with zero attached hydrogens (tertiary/aromatic N) is 1. The fourth-order valence-electron chi connectivity index (χ4n) is 5.58. The second-order valence-corrected chi connectivity index (χ2v) is 16.4. The zero-order valence-electron chi connectivity index (χ0n) is 17.6. The molecule has 0 amide bonds. The third-order valence-corrected chi connectivity index (χ3v) is 8.01. The van der Waals surface area contributed by atoms with Gasteiger partial charge in [-0.15, -0.1) is 0 Å². The van der Waals surface area contributed by atoms with Crippen LogP contribution in [0.1, 0.15) is 44.7 Å². The molecule has 5 atom stereocenters. The van der Waals surface area contributed by atoms with Crippen molar-refractivity contribution >= 4 is 13.8 Å². The van der Waals surface area contributed by atoms with Crippen molar-refractivity contribution in [2.45, 2.75) is 64.7 Å². The smallest absolute Gasteiger partial charge is 0.0665 e. The molecule has 3 aliphatic rings. The first-order chi connectivity index (χ1) is 12.1. The van der Waals surface area contributed by atoms with Crippen LogP contribution >= 0.6 is 0 Å². The lowest BCUT2D eigenvalue weighted by molar-refractivity contribution is 0.428. The Balaban J connectivity index is 1.84. The number of hydrogen-bond donors (Lipinski definition) is 0. The highest BCUT2D eigenvalue weighted by molar-refractivity contribution is 6.76. The molecule has 140 valence electrons. The summed E-state index contributed by atoms with van der Waals surface area (Å²) in [4.78, 5) is 2.82. The maximum atomic E-state index is 2.82. The minimum Gasteiger partial charge on any atom is -0.370 e. The van der Waals surface area contributed by atoms with Crippen molar-refractivity contribution in [2.75, 3.05) is 11.1 Å². The molecule has 2 aliphatic carbocycles. The van der Waals surface area contributed by atoms with Crippen LogP contribution in [0.3, 0.4) is 0 Å². The molecule has 1 aromatic carbocycles. The van der Waals surface area contributed by atoms with E-state index in [4.69, 9.17) is 0 Å². The number of rotatable bonds is 2. The Morgan fingerprint density at radius 2 is 1.65 bits per heavy atom. The largest absolute Gasteiger partial charge is 0.370 e. The molecule has 1 saturated carbocycles. The fourth-order valence-corrected chi connectivity index (χ4v) is 6.98. The van der Waals surface area contributed by atoms with E-state index in [0.717, 1.165) is 0 Å². The molecule has 1 heterocycles. The summed E-state index contributed by atoms with van der Waals surface area (Å²) < 4.78 is 0. The van der Waals surface area contributed by atoms with E-state index in [1.165, 1.54) is 17.4 Å². The lowest BCUT2D eigenvalue weighted by atomic mass is 9.81. The summed E-state index contributed by atoms with van der Waals surface area (Å²) in [7, 11) is -1.20. The summed E-state index contributed by atoms with van der Waals surface area (Å²) in [5.41, 5.74) is 4.86. The molecule has 0 bridgehead atoms. The van der Waals surface area contributed by atoms with Crippen LogP contribution in [0.2, 0.25) is 19.6 Å². The van der Waals surface area contributed by atoms with Crippen LogP contribution in [0.4, 0.5) is 5.69 Å². The van der Waals surface area contributed by atoms with Gasteiger partial charge in [-0.25, -0.2) is 0 Å². The van der Waals surface area contributed by atoms with E-state index in [1.54, 1.807) is 5.56 Å². The van der Waals surface area contributed by atoms with E-state index in [2.05, 4.69) is 94.7 Å². The van der Waals surface area contributed by atoms with Gasteiger partial charge in [-0.1, -0.05) is 83.8 Å². The van der Waals surface area contributed by atoms with E-state index >= 15 is 0 Å². The van der Waals surface area contributed by atoms with Gasteiger partial charge in [0, 0.05) is 29.7 Å². The summed E-state index contributed by atoms with van der Waals surface area (Å²) in [6, 6.07) is 8.03. The van der Waals surface area contributed by atoms with Crippen molar-refractivity contribution in [3.8, 4) is 0 Å². The summed E-state index contributed by atoms with van der Waals surface area (Å²) in [6.07, 6.45) is 10.8. The standard InChI is InChI=1S/C24H35NSi/c1-16-18-10-8-9-11-19(18)23-22(16)20-14-17(24(2,3)4)12-13-21(20)25(23)15-26(5,6)7/h8-14,16,18-19,22-23H,15H2,1-7H3. The number of fused-ring (bicyclic) bond motifs is 5. The predicted molar refractivity (Wildman–Crippen MR) is 117 cm³/mol. The van der Waals surface area contributed by atoms with Gasteiger partial charge in [0.25, 0.3) is 0 Å². The third kappa shape index (κ3) is 2.81. The second-order valence-electron chi connectivity index (χ2n) is 11.0. The first-order valence-corrected chi connectivity index (χ1v) is 14.0. The Bertz CT molecular complexity index is 761. The maximum Gasteiger partial charge on any atom is 0.0665 e. The summed E-state index contributed by atoms with van der Waals surface area (Å²) in [6.45, 7) is 17.0. The highest BCUT2D eigenvalue weighted by Crippen LogP contribution is 2.58. The molecule has 1 nitrogen and oxygen atoms in total. The van der Waals surface area contributed by atoms with Crippen LogP contribution in [0.5, 0.6) is 0 Å². The highest BCUT2D eigenvalue weighted by Gasteiger charge is 2.54. The van der Waals surface area contributed by atoms with Crippen molar-refractivity contribution in [2.24, 2.45) is 17.8 Å². The van der Waals surface area contributed by atoms with E-state index in [-0.39, 0.29) is 5.41 Å². The molecule has 2 heteroatoms. The third-order valence-electron chi connectivity index (χ3n) is 6.72. The van der Waals surface area contributed by atoms with Gasteiger partial charge in [-0.05, 0) is 34.4 Å². The Morgan fingerprint density at radius 3 is 2.27 bits per heavy atom. The molecule has 26 heavy (non-hydrogen) atoms. The molecular formula is C24H35NSi. The number of anilines is 1. The first-order valence-electron chi connectivity index (χ1n) is 10.3. The summed E-state index contributed by atoms with van der Waals surface area (Å²) in [5, 5.41) is 0. The lowest BCUT2D eigenvalue weighted by Crippen LogP contribution is -2.46. The van der Waals surface area contributed by atoms with E-state index in [9.17, 15) is 0 Å². The summed E-state index contributed by atoms with van der Waals surface area (Å²) in [5.74, 6) is 2.75. The maximum absolute atomic E-state index is 2.82. The van der Waals surface area contributed by atoms with Crippen molar-refractivity contribution in [1.29, 1.82) is 0 Å². The number of allylic oxidation sites excluding steroid dienone is 3. The minimum atomic E-state index is -1.20. The van der Waals surface area contributed by atoms with Gasteiger partial charge in [-0.3, -0.25) is 0 Å². The average Bonchev–Trinajstić information content (AvgIpc) is 3.00. The van der Waals surface area contributed by atoms with Crippen molar-refractivity contribution in [3.63, 3.8) is 0 Å². The molecule has 0 aromatic heterocycles. The monoisotopic (exact) mass is 365 g/mol. The number of benzene rings is 1. The van der Waals surface area contributed by atoms with Gasteiger partial charge < -0.3 is 4.90 Å². The topological polar surface area (TPSA) is 3.24 Å². The van der Waals surface area contributed by atoms with Gasteiger partial charge in [0.05, 0.1) is 8.07 Å². The van der Waals surface area contributed by atoms with Gasteiger partial charge >= 0.3 is 0 Å². The van der Waals surface area contributed by atoms with Crippen molar-refractivity contribution < 1.29 is 0 Å². The van der Waals surface area contributed by atoms with Crippen LogP contribution in [-0.2, 0) is 5.41 Å². The second kappa shape index (κ2) is 5.86. The molecule has 0 radical (unpaired) electrons. The number of hydrogen-bond acceptors (Lipinski definition) is 1. The van der Waals surface area contributed by atoms with Crippen LogP contribution in [0, 0.1) is 17.8 Å². The van der Waals surface area contributed by atoms with Crippen molar-refractivity contribution in [1.82, 2.24) is 0 Å². The van der Waals surface area contributed by atoms with Crippen LogP contribution < -0.4 is 4.90 Å². The molecular weight excluding hydrogens is 330 g/mol. The molecule has 4 rings (SSSR count). The molecule has 0 N–H and O–H groups in total. The highest BCUT2D eigenvalue weighted by atomic mass is 28.3. The summed E-state index contributed by atoms with van der Waals surface area (Å²) >= 11 is 0. The van der Waals surface area contributed by atoms with Gasteiger partial charge in [0.1, 0.15) is 0 Å². The minimum absolute atomic E-state index is 0.213. The predicted octanol–water partition coefficient (Wildman–Crippen LogP) is 6.14. The Labute approximate surface area is 161 Å². The van der Waals surface area contributed by atoms with E-state index in [0.29, 0.717) is 29.7 Å². The molecule has 5 unspecified atom stereocenters. The van der Waals surface area contributed by atoms with Crippen LogP contribution in [-0.4, -0.2) is 20.3 Å². The quantitative estimate of drug-likeness (QED) is 0.569. The zero-order chi connectivity index (χ0) is 18.9. The molecule has 0 spiro atoms. The lowest BCUT2D eigenvalue weighted by Gasteiger charge is -2.36. The molecule has 1 fully saturated rings. The first kappa shape index (κ1) is 18.1. The van der Waals surface area contributed by atoms with Crippen LogP contribution in [0.25, 0.3) is 0 Å². The Hall–Kier alpha value is -1.28. The van der Waals surface area contributed by atoms with E-state index < -0.39 is 8.07 Å². The Kier molecular flexibility index (Phi) is 4.08. The average molecular weight is 366 g/mol. The molecule has 0 saturated heterocycles. The molecule has 1 aromatic rings. The van der Waals surface area contributed by atoms with Crippen molar-refractivity contribution in [3.05, 3.63) is 53.6 Å². The van der Waals surface area contributed by atoms with Crippen LogP contribution in [0.15, 0.2) is 42.5 Å². The zero-order valence-corrected chi connectivity index (χ0v) is 18.6.